The Morgan fingerprint density at radius 1 is 1.05 bits per heavy atom. The largest absolute Gasteiger partial charge is 0.338 e. The topological polar surface area (TPSA) is 20.3 Å². The van der Waals surface area contributed by atoms with Gasteiger partial charge in [-0.25, -0.2) is 0 Å². The van der Waals surface area contributed by atoms with Crippen molar-refractivity contribution >= 4 is 5.91 Å². The molecule has 3 rings (SSSR count). The summed E-state index contributed by atoms with van der Waals surface area (Å²) in [5.41, 5.74) is 5.09. The molecule has 0 spiro atoms. The van der Waals surface area contributed by atoms with E-state index in [0.717, 1.165) is 19.5 Å². The van der Waals surface area contributed by atoms with Crippen LogP contribution >= 0.6 is 0 Å². The fourth-order valence-electron chi connectivity index (χ4n) is 2.67. The van der Waals surface area contributed by atoms with Gasteiger partial charge in [0.2, 0.25) is 5.91 Å². The van der Waals surface area contributed by atoms with E-state index in [1.165, 1.54) is 22.3 Å². The number of benzene rings is 2. The first-order valence-electron chi connectivity index (χ1n) is 6.99. The molecular weight excluding hydrogens is 246 g/mol. The Labute approximate surface area is 120 Å². The maximum Gasteiger partial charge on any atom is 0.219 e. The predicted molar refractivity (Wildman–Crippen MR) is 80.2 cm³/mol. The molecular formula is C18H18NO. The maximum absolute atomic E-state index is 11.4. The summed E-state index contributed by atoms with van der Waals surface area (Å²) in [5.74, 6) is 0.163. The van der Waals surface area contributed by atoms with Crippen LogP contribution in [0.15, 0.2) is 48.5 Å². The second-order valence-corrected chi connectivity index (χ2v) is 5.27. The molecule has 0 atom stereocenters. The summed E-state index contributed by atoms with van der Waals surface area (Å²) in [7, 11) is 0. The summed E-state index contributed by atoms with van der Waals surface area (Å²) in [4.78, 5) is 13.3. The zero-order chi connectivity index (χ0) is 13.9. The van der Waals surface area contributed by atoms with Crippen LogP contribution in [-0.2, 0) is 17.8 Å². The third kappa shape index (κ3) is 2.74. The summed E-state index contributed by atoms with van der Waals surface area (Å²) in [5, 5.41) is 0. The molecule has 20 heavy (non-hydrogen) atoms. The Bertz CT molecular complexity index is 619. The van der Waals surface area contributed by atoms with Gasteiger partial charge in [0.25, 0.3) is 0 Å². The van der Waals surface area contributed by atoms with Crippen molar-refractivity contribution < 1.29 is 4.79 Å². The number of hydrogen-bond donors (Lipinski definition) is 0. The highest BCUT2D eigenvalue weighted by Gasteiger charge is 2.18. The molecule has 0 aliphatic carbocycles. The number of hydrogen-bond acceptors (Lipinski definition) is 1. The quantitative estimate of drug-likeness (QED) is 0.815. The van der Waals surface area contributed by atoms with Crippen molar-refractivity contribution in [3.8, 4) is 0 Å². The standard InChI is InChI=1S/C18H18NO/c1-14(20)19-10-9-17-12-16(7-8-18(17)13-19)11-15-5-3-2-4-6-15/h2-8,11-12H,9-10,13H2,1H3. The average molecular weight is 264 g/mol. The minimum absolute atomic E-state index is 0.163. The van der Waals surface area contributed by atoms with E-state index in [2.05, 4.69) is 48.9 Å². The van der Waals surface area contributed by atoms with E-state index in [1.54, 1.807) is 6.92 Å². The fraction of sp³-hybridized carbons (Fsp3) is 0.222. The highest BCUT2D eigenvalue weighted by atomic mass is 16.2. The number of rotatable bonds is 2. The van der Waals surface area contributed by atoms with E-state index in [0.29, 0.717) is 0 Å². The second kappa shape index (κ2) is 5.49. The van der Waals surface area contributed by atoms with Crippen molar-refractivity contribution in [1.29, 1.82) is 0 Å². The van der Waals surface area contributed by atoms with Crippen LogP contribution in [0.25, 0.3) is 0 Å². The normalized spacial score (nSPS) is 13.9. The van der Waals surface area contributed by atoms with E-state index in [9.17, 15) is 4.79 Å². The van der Waals surface area contributed by atoms with Crippen molar-refractivity contribution in [3.63, 3.8) is 0 Å². The van der Waals surface area contributed by atoms with Gasteiger partial charge in [-0.2, -0.15) is 0 Å². The van der Waals surface area contributed by atoms with Gasteiger partial charge in [0.1, 0.15) is 0 Å². The maximum atomic E-state index is 11.4. The van der Waals surface area contributed by atoms with Crippen LogP contribution in [0.5, 0.6) is 0 Å². The summed E-state index contributed by atoms with van der Waals surface area (Å²) >= 11 is 0. The van der Waals surface area contributed by atoms with E-state index < -0.39 is 0 Å². The molecule has 0 unspecified atom stereocenters. The van der Waals surface area contributed by atoms with Crippen molar-refractivity contribution in [3.05, 3.63) is 77.2 Å². The van der Waals surface area contributed by atoms with Crippen LogP contribution < -0.4 is 0 Å². The number of carbonyl (C=O) groups is 1. The zero-order valence-electron chi connectivity index (χ0n) is 11.7. The number of nitrogens with zero attached hydrogens (tertiary/aromatic N) is 1. The second-order valence-electron chi connectivity index (χ2n) is 5.27. The molecule has 0 saturated heterocycles. The van der Waals surface area contributed by atoms with E-state index >= 15 is 0 Å². The van der Waals surface area contributed by atoms with Crippen molar-refractivity contribution in [2.24, 2.45) is 0 Å². The Balaban J connectivity index is 1.79. The number of fused-ring (bicyclic) bond motifs is 1. The smallest absolute Gasteiger partial charge is 0.219 e. The molecule has 1 aliphatic rings. The van der Waals surface area contributed by atoms with Gasteiger partial charge in [0.15, 0.2) is 0 Å². The Morgan fingerprint density at radius 3 is 2.60 bits per heavy atom. The van der Waals surface area contributed by atoms with Gasteiger partial charge in [-0.05, 0) is 28.7 Å². The Morgan fingerprint density at radius 2 is 1.85 bits per heavy atom. The predicted octanol–water partition coefficient (Wildman–Crippen LogP) is 3.19. The molecule has 0 N–H and O–H groups in total. The molecule has 0 saturated carbocycles. The van der Waals surface area contributed by atoms with Gasteiger partial charge >= 0.3 is 0 Å². The third-order valence-corrected chi connectivity index (χ3v) is 3.82. The summed E-state index contributed by atoms with van der Waals surface area (Å²) in [6.45, 7) is 3.22. The molecule has 0 bridgehead atoms. The van der Waals surface area contributed by atoms with E-state index in [-0.39, 0.29) is 5.91 Å². The minimum atomic E-state index is 0.163. The Kier molecular flexibility index (Phi) is 3.55. The molecule has 1 amide bonds. The Hall–Kier alpha value is -2.09. The van der Waals surface area contributed by atoms with Crippen LogP contribution in [0.2, 0.25) is 0 Å². The SMILES string of the molecule is CC(=O)N1CCc2cc([CH]c3ccccc3)ccc2C1. The molecule has 2 aromatic rings. The van der Waals surface area contributed by atoms with Gasteiger partial charge < -0.3 is 4.90 Å². The molecule has 2 heteroatoms. The van der Waals surface area contributed by atoms with E-state index in [1.807, 2.05) is 11.0 Å². The lowest BCUT2D eigenvalue weighted by atomic mass is 9.95. The molecule has 0 aromatic heterocycles. The number of carbonyl (C=O) groups excluding carboxylic acids is 1. The average Bonchev–Trinajstić information content (AvgIpc) is 2.47. The van der Waals surface area contributed by atoms with Gasteiger partial charge in [-0.15, -0.1) is 0 Å². The molecule has 101 valence electrons. The van der Waals surface area contributed by atoms with Crippen molar-refractivity contribution in [2.75, 3.05) is 6.54 Å². The summed E-state index contributed by atoms with van der Waals surface area (Å²) in [6.07, 6.45) is 3.14. The lowest BCUT2D eigenvalue weighted by Gasteiger charge is -2.28. The van der Waals surface area contributed by atoms with Gasteiger partial charge in [0.05, 0.1) is 0 Å². The first-order valence-corrected chi connectivity index (χ1v) is 6.99. The summed E-state index contributed by atoms with van der Waals surface area (Å²) < 4.78 is 0. The highest BCUT2D eigenvalue weighted by molar-refractivity contribution is 5.73. The molecule has 1 radical (unpaired) electrons. The molecule has 1 aliphatic heterocycles. The lowest BCUT2D eigenvalue weighted by Crippen LogP contribution is -2.34. The molecule has 2 aromatic carbocycles. The van der Waals surface area contributed by atoms with Crippen LogP contribution in [0, 0.1) is 6.42 Å². The van der Waals surface area contributed by atoms with Crippen LogP contribution in [-0.4, -0.2) is 17.4 Å². The first-order chi connectivity index (χ1) is 9.72. The van der Waals surface area contributed by atoms with Gasteiger partial charge in [0, 0.05) is 26.4 Å². The van der Waals surface area contributed by atoms with Crippen LogP contribution in [0.4, 0.5) is 0 Å². The van der Waals surface area contributed by atoms with Gasteiger partial charge in [-0.1, -0.05) is 48.5 Å². The fourth-order valence-corrected chi connectivity index (χ4v) is 2.67. The van der Waals surface area contributed by atoms with Crippen LogP contribution in [0.1, 0.15) is 29.2 Å². The molecule has 2 nitrogen and oxygen atoms in total. The van der Waals surface area contributed by atoms with Crippen molar-refractivity contribution in [2.45, 2.75) is 19.9 Å². The van der Waals surface area contributed by atoms with Crippen molar-refractivity contribution in [1.82, 2.24) is 4.90 Å². The highest BCUT2D eigenvalue weighted by Crippen LogP contribution is 2.22. The lowest BCUT2D eigenvalue weighted by molar-refractivity contribution is -0.129. The van der Waals surface area contributed by atoms with Gasteiger partial charge in [-0.3, -0.25) is 4.79 Å². The molecule has 1 heterocycles. The van der Waals surface area contributed by atoms with Crippen LogP contribution in [0.3, 0.4) is 0 Å². The van der Waals surface area contributed by atoms with E-state index in [4.69, 9.17) is 0 Å². The monoisotopic (exact) mass is 264 g/mol. The first kappa shape index (κ1) is 12.9. The zero-order valence-corrected chi connectivity index (χ0v) is 11.7. The number of amides is 1. The summed E-state index contributed by atoms with van der Waals surface area (Å²) in [6, 6.07) is 16.9. The minimum Gasteiger partial charge on any atom is -0.338 e. The molecule has 0 fully saturated rings. The third-order valence-electron chi connectivity index (χ3n) is 3.82.